The van der Waals surface area contributed by atoms with Crippen LogP contribution in [0.1, 0.15) is 32.6 Å². The SMILES string of the molecule is CC(CNC(=O)C1CCC(C(F)(F)F)CC1)C(N)=S. The van der Waals surface area contributed by atoms with Crippen molar-refractivity contribution in [2.75, 3.05) is 6.54 Å². The summed E-state index contributed by atoms with van der Waals surface area (Å²) in [5.74, 6) is -1.88. The van der Waals surface area contributed by atoms with E-state index in [2.05, 4.69) is 5.32 Å². The summed E-state index contributed by atoms with van der Waals surface area (Å²) in [5.41, 5.74) is 5.42. The molecule has 1 saturated carbocycles. The molecule has 0 aromatic heterocycles. The molecule has 0 radical (unpaired) electrons. The standard InChI is InChI=1S/C12H19F3N2OS/c1-7(10(16)19)6-17-11(18)8-2-4-9(5-3-8)12(13,14)15/h7-9H,2-6H2,1H3,(H2,16,19)(H,17,18). The van der Waals surface area contributed by atoms with E-state index in [4.69, 9.17) is 18.0 Å². The number of rotatable bonds is 4. The number of halogens is 3. The summed E-state index contributed by atoms with van der Waals surface area (Å²) in [7, 11) is 0. The molecule has 1 unspecified atom stereocenters. The first-order valence-corrected chi connectivity index (χ1v) is 6.76. The predicted molar refractivity (Wildman–Crippen MR) is 70.5 cm³/mol. The van der Waals surface area contributed by atoms with Crippen LogP contribution in [-0.2, 0) is 4.79 Å². The highest BCUT2D eigenvalue weighted by Crippen LogP contribution is 2.39. The van der Waals surface area contributed by atoms with Crippen molar-refractivity contribution in [3.05, 3.63) is 0 Å². The number of nitrogens with two attached hydrogens (primary N) is 1. The highest BCUT2D eigenvalue weighted by atomic mass is 32.1. The van der Waals surface area contributed by atoms with Gasteiger partial charge in [0.25, 0.3) is 0 Å². The van der Waals surface area contributed by atoms with E-state index in [-0.39, 0.29) is 43.4 Å². The fourth-order valence-corrected chi connectivity index (χ4v) is 2.26. The van der Waals surface area contributed by atoms with Crippen LogP contribution in [0.25, 0.3) is 0 Å². The Kier molecular flexibility index (Phi) is 5.58. The number of amides is 1. The van der Waals surface area contributed by atoms with E-state index in [0.717, 1.165) is 0 Å². The van der Waals surface area contributed by atoms with Gasteiger partial charge in [-0.3, -0.25) is 4.79 Å². The number of hydrogen-bond acceptors (Lipinski definition) is 2. The topological polar surface area (TPSA) is 55.1 Å². The third kappa shape index (κ3) is 4.97. The van der Waals surface area contributed by atoms with Crippen LogP contribution in [0, 0.1) is 17.8 Å². The van der Waals surface area contributed by atoms with Crippen molar-refractivity contribution < 1.29 is 18.0 Å². The van der Waals surface area contributed by atoms with Crippen molar-refractivity contribution in [3.8, 4) is 0 Å². The van der Waals surface area contributed by atoms with Gasteiger partial charge in [-0.05, 0) is 25.7 Å². The molecule has 0 spiro atoms. The minimum atomic E-state index is -4.14. The molecule has 110 valence electrons. The minimum Gasteiger partial charge on any atom is -0.393 e. The van der Waals surface area contributed by atoms with Gasteiger partial charge in [0.2, 0.25) is 5.91 Å². The van der Waals surface area contributed by atoms with E-state index in [1.54, 1.807) is 6.92 Å². The van der Waals surface area contributed by atoms with Crippen LogP contribution in [0.3, 0.4) is 0 Å². The van der Waals surface area contributed by atoms with Gasteiger partial charge in [-0.15, -0.1) is 0 Å². The highest BCUT2D eigenvalue weighted by molar-refractivity contribution is 7.80. The van der Waals surface area contributed by atoms with E-state index < -0.39 is 12.1 Å². The molecule has 0 saturated heterocycles. The molecule has 1 rings (SSSR count). The van der Waals surface area contributed by atoms with Crippen LogP contribution in [0.4, 0.5) is 13.2 Å². The van der Waals surface area contributed by atoms with Gasteiger partial charge in [0, 0.05) is 18.4 Å². The number of nitrogens with one attached hydrogen (secondary N) is 1. The third-order valence-corrected chi connectivity index (χ3v) is 4.03. The Balaban J connectivity index is 2.35. The van der Waals surface area contributed by atoms with Crippen molar-refractivity contribution in [2.24, 2.45) is 23.5 Å². The van der Waals surface area contributed by atoms with Crippen molar-refractivity contribution >= 4 is 23.1 Å². The summed E-state index contributed by atoms with van der Waals surface area (Å²) in [6, 6.07) is 0. The van der Waals surface area contributed by atoms with Gasteiger partial charge in [0.1, 0.15) is 0 Å². The molecular weight excluding hydrogens is 277 g/mol. The quantitative estimate of drug-likeness (QED) is 0.783. The normalized spacial score (nSPS) is 25.7. The Morgan fingerprint density at radius 3 is 2.32 bits per heavy atom. The molecule has 19 heavy (non-hydrogen) atoms. The molecule has 1 fully saturated rings. The maximum Gasteiger partial charge on any atom is 0.391 e. The van der Waals surface area contributed by atoms with Crippen molar-refractivity contribution in [3.63, 3.8) is 0 Å². The van der Waals surface area contributed by atoms with E-state index in [0.29, 0.717) is 11.5 Å². The zero-order valence-electron chi connectivity index (χ0n) is 10.8. The summed E-state index contributed by atoms with van der Waals surface area (Å²) in [5, 5.41) is 2.70. The molecule has 0 heterocycles. The van der Waals surface area contributed by atoms with Crippen molar-refractivity contribution in [2.45, 2.75) is 38.8 Å². The van der Waals surface area contributed by atoms with Gasteiger partial charge >= 0.3 is 6.18 Å². The predicted octanol–water partition coefficient (Wildman–Crippen LogP) is 2.39. The number of alkyl halides is 3. The van der Waals surface area contributed by atoms with Crippen LogP contribution in [0.5, 0.6) is 0 Å². The first-order chi connectivity index (χ1) is 8.71. The summed E-state index contributed by atoms with van der Waals surface area (Å²) < 4.78 is 37.5. The first kappa shape index (κ1) is 16.2. The van der Waals surface area contributed by atoms with E-state index in [1.807, 2.05) is 0 Å². The molecule has 7 heteroatoms. The van der Waals surface area contributed by atoms with E-state index in [9.17, 15) is 18.0 Å². The fraction of sp³-hybridized carbons (Fsp3) is 0.833. The van der Waals surface area contributed by atoms with Gasteiger partial charge in [0.15, 0.2) is 0 Å². The second-order valence-corrected chi connectivity index (χ2v) is 5.61. The molecule has 1 aliphatic carbocycles. The molecule has 1 aliphatic rings. The lowest BCUT2D eigenvalue weighted by Crippen LogP contribution is -2.39. The minimum absolute atomic E-state index is 0.0342. The lowest BCUT2D eigenvalue weighted by atomic mass is 9.81. The van der Waals surface area contributed by atoms with Crippen LogP contribution in [0.2, 0.25) is 0 Å². The summed E-state index contributed by atoms with van der Waals surface area (Å²) >= 11 is 4.78. The molecule has 0 aliphatic heterocycles. The molecule has 3 N–H and O–H groups in total. The summed E-state index contributed by atoms with van der Waals surface area (Å²) in [6.07, 6.45) is -3.49. The largest absolute Gasteiger partial charge is 0.393 e. The van der Waals surface area contributed by atoms with Crippen LogP contribution in [0.15, 0.2) is 0 Å². The molecule has 0 bridgehead atoms. The molecule has 3 nitrogen and oxygen atoms in total. The lowest BCUT2D eigenvalue weighted by Gasteiger charge is -2.29. The Morgan fingerprint density at radius 2 is 1.89 bits per heavy atom. The van der Waals surface area contributed by atoms with E-state index in [1.165, 1.54) is 0 Å². The van der Waals surface area contributed by atoms with Crippen molar-refractivity contribution in [1.29, 1.82) is 0 Å². The van der Waals surface area contributed by atoms with E-state index >= 15 is 0 Å². The molecule has 0 aromatic carbocycles. The molecule has 0 aromatic rings. The smallest absolute Gasteiger partial charge is 0.391 e. The zero-order valence-corrected chi connectivity index (χ0v) is 11.6. The Hall–Kier alpha value is -0.850. The Morgan fingerprint density at radius 1 is 1.37 bits per heavy atom. The Bertz CT molecular complexity index is 338. The number of carbonyl (C=O) groups excluding carboxylic acids is 1. The first-order valence-electron chi connectivity index (χ1n) is 6.35. The lowest BCUT2D eigenvalue weighted by molar-refractivity contribution is -0.184. The van der Waals surface area contributed by atoms with Gasteiger partial charge in [-0.2, -0.15) is 13.2 Å². The highest BCUT2D eigenvalue weighted by Gasteiger charge is 2.42. The fourth-order valence-electron chi connectivity index (χ4n) is 2.18. The monoisotopic (exact) mass is 296 g/mol. The van der Waals surface area contributed by atoms with Gasteiger partial charge in [0.05, 0.1) is 10.9 Å². The molecule has 1 atom stereocenters. The Labute approximate surface area is 116 Å². The zero-order chi connectivity index (χ0) is 14.6. The summed E-state index contributed by atoms with van der Waals surface area (Å²) in [6.45, 7) is 2.14. The average molecular weight is 296 g/mol. The molecular formula is C12H19F3N2OS. The average Bonchev–Trinajstić information content (AvgIpc) is 2.34. The summed E-state index contributed by atoms with van der Waals surface area (Å²) in [4.78, 5) is 12.1. The number of thiocarbonyl (C=S) groups is 1. The number of hydrogen-bond donors (Lipinski definition) is 2. The van der Waals surface area contributed by atoms with Crippen molar-refractivity contribution in [1.82, 2.24) is 5.32 Å². The second kappa shape index (κ2) is 6.54. The van der Waals surface area contributed by atoms with Gasteiger partial charge in [-0.1, -0.05) is 19.1 Å². The second-order valence-electron chi connectivity index (χ2n) is 5.14. The third-order valence-electron chi connectivity index (χ3n) is 3.63. The van der Waals surface area contributed by atoms with Crippen LogP contribution in [-0.4, -0.2) is 23.6 Å². The van der Waals surface area contributed by atoms with Gasteiger partial charge < -0.3 is 11.1 Å². The molecule has 1 amide bonds. The number of carbonyl (C=O) groups is 1. The van der Waals surface area contributed by atoms with Crippen LogP contribution < -0.4 is 11.1 Å². The van der Waals surface area contributed by atoms with Crippen LogP contribution >= 0.6 is 12.2 Å². The maximum absolute atomic E-state index is 12.5. The maximum atomic E-state index is 12.5. The van der Waals surface area contributed by atoms with Gasteiger partial charge in [-0.25, -0.2) is 0 Å².